The highest BCUT2D eigenvalue weighted by Gasteiger charge is 2.19. The van der Waals surface area contributed by atoms with Crippen LogP contribution >= 0.6 is 0 Å². The van der Waals surface area contributed by atoms with Crippen molar-refractivity contribution in [3.63, 3.8) is 0 Å². The molecule has 0 bridgehead atoms. The van der Waals surface area contributed by atoms with Crippen LogP contribution in [0.25, 0.3) is 5.65 Å². The van der Waals surface area contributed by atoms with Crippen molar-refractivity contribution in [3.8, 4) is 0 Å². The third-order valence-corrected chi connectivity index (χ3v) is 7.05. The molecule has 0 radical (unpaired) electrons. The minimum Gasteiger partial charge on any atom is -0.381 e. The lowest BCUT2D eigenvalue weighted by atomic mass is 10.1. The van der Waals surface area contributed by atoms with Crippen molar-refractivity contribution in [2.24, 2.45) is 0 Å². The van der Waals surface area contributed by atoms with E-state index in [0.29, 0.717) is 18.4 Å². The quantitative estimate of drug-likeness (QED) is 0.345. The highest BCUT2D eigenvalue weighted by Crippen LogP contribution is 2.23. The number of nitrogens with zero attached hydrogens (tertiary/aromatic N) is 5. The van der Waals surface area contributed by atoms with E-state index in [9.17, 15) is 4.79 Å². The highest BCUT2D eigenvalue weighted by atomic mass is 16.5. The molecule has 5 rings (SSSR count). The summed E-state index contributed by atoms with van der Waals surface area (Å²) < 4.78 is 7.26. The van der Waals surface area contributed by atoms with Gasteiger partial charge in [0.15, 0.2) is 5.65 Å². The van der Waals surface area contributed by atoms with Crippen LogP contribution in [-0.2, 0) is 16.1 Å². The standard InChI is InChI=1S/C28H38N8O2/c1-20(2)24-19-30-36-26(24)33-27(32-22-10-15-38-16-11-22)34-28(36)29-18-21-7-5-8-23(17-21)31-25(37)9-6-14-35-12-3-4-13-35/h5-9,17,19-20,22H,3-4,10-16,18H2,1-2H3,(H,31,37)(H2,29,32,33,34)/b9-6+. The van der Waals surface area contributed by atoms with E-state index in [1.807, 2.05) is 36.5 Å². The smallest absolute Gasteiger partial charge is 0.248 e. The Bertz CT molecular complexity index is 1260. The fourth-order valence-corrected chi connectivity index (χ4v) is 4.90. The number of fused-ring (bicyclic) bond motifs is 1. The second kappa shape index (κ2) is 12.4. The summed E-state index contributed by atoms with van der Waals surface area (Å²) >= 11 is 0. The first kappa shape index (κ1) is 26.1. The molecule has 0 spiro atoms. The van der Waals surface area contributed by atoms with Crippen molar-refractivity contribution in [2.45, 2.75) is 58.0 Å². The molecule has 0 unspecified atom stereocenters. The number of likely N-dealkylation sites (tertiary alicyclic amines) is 1. The number of hydrogen-bond acceptors (Lipinski definition) is 8. The second-order valence-corrected chi connectivity index (χ2v) is 10.3. The van der Waals surface area contributed by atoms with Gasteiger partial charge in [-0.2, -0.15) is 19.6 Å². The van der Waals surface area contributed by atoms with Crippen molar-refractivity contribution in [3.05, 3.63) is 53.7 Å². The minimum atomic E-state index is -0.117. The zero-order chi connectivity index (χ0) is 26.3. The molecule has 2 aromatic heterocycles. The minimum absolute atomic E-state index is 0.117. The zero-order valence-electron chi connectivity index (χ0n) is 22.3. The maximum atomic E-state index is 12.4. The molecule has 3 N–H and O–H groups in total. The first-order valence-corrected chi connectivity index (χ1v) is 13.7. The zero-order valence-corrected chi connectivity index (χ0v) is 22.3. The molecule has 2 fully saturated rings. The summed E-state index contributed by atoms with van der Waals surface area (Å²) in [6, 6.07) is 8.13. The van der Waals surface area contributed by atoms with Crippen LogP contribution in [0.2, 0.25) is 0 Å². The number of aromatic nitrogens is 4. The summed E-state index contributed by atoms with van der Waals surface area (Å²) in [5, 5.41) is 14.5. The van der Waals surface area contributed by atoms with Crippen molar-refractivity contribution >= 4 is 29.1 Å². The average molecular weight is 519 g/mol. The molecule has 0 atom stereocenters. The molecular weight excluding hydrogens is 480 g/mol. The maximum absolute atomic E-state index is 12.4. The maximum Gasteiger partial charge on any atom is 0.248 e. The molecule has 10 nitrogen and oxygen atoms in total. The van der Waals surface area contributed by atoms with E-state index in [1.54, 1.807) is 10.6 Å². The van der Waals surface area contributed by atoms with Crippen LogP contribution in [0.5, 0.6) is 0 Å². The number of amides is 1. The summed E-state index contributed by atoms with van der Waals surface area (Å²) in [7, 11) is 0. The number of hydrogen-bond donors (Lipinski definition) is 3. The van der Waals surface area contributed by atoms with Gasteiger partial charge in [-0.1, -0.05) is 32.1 Å². The number of benzene rings is 1. The molecule has 4 heterocycles. The van der Waals surface area contributed by atoms with Gasteiger partial charge in [-0.05, 0) is 62.4 Å². The molecule has 10 heteroatoms. The molecular formula is C28H38N8O2. The Labute approximate surface area is 223 Å². The highest BCUT2D eigenvalue weighted by molar-refractivity contribution is 5.99. The van der Waals surface area contributed by atoms with E-state index < -0.39 is 0 Å². The van der Waals surface area contributed by atoms with E-state index >= 15 is 0 Å². The van der Waals surface area contributed by atoms with Gasteiger partial charge in [0.05, 0.1) is 6.20 Å². The predicted molar refractivity (Wildman–Crippen MR) is 150 cm³/mol. The first-order chi connectivity index (χ1) is 18.5. The molecule has 2 aliphatic rings. The third kappa shape index (κ3) is 6.68. The van der Waals surface area contributed by atoms with E-state index in [-0.39, 0.29) is 17.9 Å². The van der Waals surface area contributed by atoms with Crippen LogP contribution in [0.15, 0.2) is 42.6 Å². The fourth-order valence-electron chi connectivity index (χ4n) is 4.90. The Morgan fingerprint density at radius 3 is 2.79 bits per heavy atom. The summed E-state index contributed by atoms with van der Waals surface area (Å²) in [6.45, 7) is 9.34. The molecule has 0 aliphatic carbocycles. The number of carbonyl (C=O) groups excluding carboxylic acids is 1. The molecule has 1 amide bonds. The third-order valence-electron chi connectivity index (χ3n) is 7.05. The van der Waals surface area contributed by atoms with Gasteiger partial charge in [-0.25, -0.2) is 0 Å². The summed E-state index contributed by atoms with van der Waals surface area (Å²) in [5.74, 6) is 1.39. The SMILES string of the molecule is CC(C)c1cnn2c(NCc3cccc(NC(=O)/C=C/CN4CCCC4)c3)nc(NC3CCOCC3)nc12. The van der Waals surface area contributed by atoms with E-state index in [2.05, 4.69) is 39.8 Å². The summed E-state index contributed by atoms with van der Waals surface area (Å²) in [4.78, 5) is 24.3. The molecule has 1 aromatic carbocycles. The number of anilines is 3. The molecule has 0 saturated carbocycles. The Morgan fingerprint density at radius 1 is 1.18 bits per heavy atom. The fraction of sp³-hybridized carbons (Fsp3) is 0.500. The van der Waals surface area contributed by atoms with Crippen LogP contribution in [0.1, 0.15) is 56.6 Å². The summed E-state index contributed by atoms with van der Waals surface area (Å²) in [5.41, 5.74) is 3.66. The van der Waals surface area contributed by atoms with Crippen LogP contribution in [-0.4, -0.2) is 69.3 Å². The van der Waals surface area contributed by atoms with Gasteiger partial charge in [0.2, 0.25) is 17.8 Å². The molecule has 2 saturated heterocycles. The largest absolute Gasteiger partial charge is 0.381 e. The lowest BCUT2D eigenvalue weighted by Crippen LogP contribution is -2.29. The average Bonchev–Trinajstić information content (AvgIpc) is 3.58. The van der Waals surface area contributed by atoms with Crippen molar-refractivity contribution in [1.82, 2.24) is 24.5 Å². The van der Waals surface area contributed by atoms with Crippen LogP contribution in [0.4, 0.5) is 17.6 Å². The predicted octanol–water partition coefficient (Wildman–Crippen LogP) is 4.04. The van der Waals surface area contributed by atoms with E-state index in [4.69, 9.17) is 14.7 Å². The van der Waals surface area contributed by atoms with Crippen LogP contribution < -0.4 is 16.0 Å². The second-order valence-electron chi connectivity index (χ2n) is 10.3. The van der Waals surface area contributed by atoms with E-state index in [0.717, 1.165) is 68.2 Å². The molecule has 38 heavy (non-hydrogen) atoms. The molecule has 2 aliphatic heterocycles. The first-order valence-electron chi connectivity index (χ1n) is 13.7. The monoisotopic (exact) mass is 518 g/mol. The van der Waals surface area contributed by atoms with E-state index in [1.165, 1.54) is 12.8 Å². The van der Waals surface area contributed by atoms with Crippen LogP contribution in [0, 0.1) is 0 Å². The normalized spacial score (nSPS) is 17.0. The van der Waals surface area contributed by atoms with Gasteiger partial charge in [0.25, 0.3) is 0 Å². The van der Waals surface area contributed by atoms with Gasteiger partial charge in [0.1, 0.15) is 0 Å². The van der Waals surface area contributed by atoms with Crippen molar-refractivity contribution in [1.29, 1.82) is 0 Å². The summed E-state index contributed by atoms with van der Waals surface area (Å²) in [6.07, 6.45) is 9.78. The van der Waals surface area contributed by atoms with Crippen LogP contribution in [0.3, 0.4) is 0 Å². The Morgan fingerprint density at radius 2 is 2.00 bits per heavy atom. The Hall–Kier alpha value is -3.50. The lowest BCUT2D eigenvalue weighted by Gasteiger charge is -2.23. The number of rotatable bonds is 10. The van der Waals surface area contributed by atoms with Crippen molar-refractivity contribution < 1.29 is 9.53 Å². The van der Waals surface area contributed by atoms with Gasteiger partial charge in [-0.15, -0.1) is 0 Å². The molecule has 202 valence electrons. The number of ether oxygens (including phenoxy) is 1. The van der Waals surface area contributed by atoms with Crippen molar-refractivity contribution in [2.75, 3.05) is 48.8 Å². The van der Waals surface area contributed by atoms with Gasteiger partial charge >= 0.3 is 0 Å². The number of carbonyl (C=O) groups is 1. The number of nitrogens with one attached hydrogen (secondary N) is 3. The Balaban J connectivity index is 1.26. The Kier molecular flexibility index (Phi) is 8.50. The van der Waals surface area contributed by atoms with Gasteiger partial charge < -0.3 is 20.7 Å². The lowest BCUT2D eigenvalue weighted by molar-refractivity contribution is -0.111. The topological polar surface area (TPSA) is 109 Å². The molecule has 3 aromatic rings. The van der Waals surface area contributed by atoms with Gasteiger partial charge in [-0.3, -0.25) is 9.69 Å². The van der Waals surface area contributed by atoms with Gasteiger partial charge in [0, 0.05) is 49.7 Å².